The summed E-state index contributed by atoms with van der Waals surface area (Å²) in [6.07, 6.45) is 5.61. The van der Waals surface area contributed by atoms with Gasteiger partial charge < -0.3 is 5.11 Å². The highest BCUT2D eigenvalue weighted by molar-refractivity contribution is 8.35. The van der Waals surface area contributed by atoms with Crippen molar-refractivity contribution in [3.05, 3.63) is 0 Å². The van der Waals surface area contributed by atoms with Crippen LogP contribution in [0, 0.1) is 5.92 Å². The zero-order chi connectivity index (χ0) is 13.3. The molecule has 6 heteroatoms. The first kappa shape index (κ1) is 13.7. The van der Waals surface area contributed by atoms with E-state index >= 15 is 0 Å². The Morgan fingerprint density at radius 3 is 2.61 bits per heavy atom. The van der Waals surface area contributed by atoms with Gasteiger partial charge in [0.2, 0.25) is 5.91 Å². The number of carboxylic acid groups (broad SMARTS) is 1. The summed E-state index contributed by atoms with van der Waals surface area (Å²) in [6, 6.07) is 0. The molecule has 18 heavy (non-hydrogen) atoms. The van der Waals surface area contributed by atoms with Crippen molar-refractivity contribution in [2.75, 3.05) is 6.54 Å². The van der Waals surface area contributed by atoms with Crippen LogP contribution in [0.1, 0.15) is 32.1 Å². The molecule has 0 aromatic carbocycles. The van der Waals surface area contributed by atoms with Crippen molar-refractivity contribution in [1.29, 1.82) is 0 Å². The van der Waals surface area contributed by atoms with E-state index in [0.29, 0.717) is 10.2 Å². The summed E-state index contributed by atoms with van der Waals surface area (Å²) in [4.78, 5) is 24.3. The summed E-state index contributed by atoms with van der Waals surface area (Å²) in [6.45, 7) is -0.320. The topological polar surface area (TPSA) is 57.6 Å². The standard InChI is InChI=1S/C12H17NO3S2/c1-18-10(8-5-3-2-4-6-8)11(16)13(12(18)17)7-9(14)15/h8,10H,1-7H2,(H,14,15). The maximum Gasteiger partial charge on any atom is 0.323 e. The molecule has 0 bridgehead atoms. The first-order valence-electron chi connectivity index (χ1n) is 6.12. The summed E-state index contributed by atoms with van der Waals surface area (Å²) in [7, 11) is -0.535. The molecule has 1 saturated heterocycles. The third-order valence-electron chi connectivity index (χ3n) is 3.63. The Morgan fingerprint density at radius 2 is 2.06 bits per heavy atom. The zero-order valence-corrected chi connectivity index (χ0v) is 11.8. The highest BCUT2D eigenvalue weighted by Crippen LogP contribution is 2.42. The van der Waals surface area contributed by atoms with Crippen LogP contribution in [0.4, 0.5) is 0 Å². The number of hydrogen-bond acceptors (Lipinski definition) is 3. The monoisotopic (exact) mass is 287 g/mol. The van der Waals surface area contributed by atoms with Gasteiger partial charge in [-0.05, 0) is 18.8 Å². The predicted octanol–water partition coefficient (Wildman–Crippen LogP) is 1.85. The highest BCUT2D eigenvalue weighted by Gasteiger charge is 2.43. The summed E-state index contributed by atoms with van der Waals surface area (Å²) in [5.74, 6) is 3.21. The smallest absolute Gasteiger partial charge is 0.323 e. The van der Waals surface area contributed by atoms with Crippen molar-refractivity contribution in [2.45, 2.75) is 37.4 Å². The number of carboxylic acids is 1. The lowest BCUT2D eigenvalue weighted by Gasteiger charge is -2.26. The molecule has 1 aliphatic carbocycles. The van der Waals surface area contributed by atoms with Gasteiger partial charge >= 0.3 is 5.97 Å². The maximum atomic E-state index is 12.3. The van der Waals surface area contributed by atoms with Crippen molar-refractivity contribution < 1.29 is 14.7 Å². The van der Waals surface area contributed by atoms with Gasteiger partial charge in [-0.3, -0.25) is 14.5 Å². The van der Waals surface area contributed by atoms with Gasteiger partial charge in [0, 0.05) is 0 Å². The van der Waals surface area contributed by atoms with Gasteiger partial charge in [-0.1, -0.05) is 37.4 Å². The molecular weight excluding hydrogens is 270 g/mol. The molecule has 100 valence electrons. The van der Waals surface area contributed by atoms with Crippen LogP contribution >= 0.6 is 22.7 Å². The predicted molar refractivity (Wildman–Crippen MR) is 77.0 cm³/mol. The first-order chi connectivity index (χ1) is 8.52. The van der Waals surface area contributed by atoms with Crippen LogP contribution in [0.3, 0.4) is 0 Å². The second-order valence-corrected chi connectivity index (χ2v) is 7.23. The molecule has 1 saturated carbocycles. The Morgan fingerprint density at radius 1 is 1.44 bits per heavy atom. The van der Waals surface area contributed by atoms with E-state index in [1.165, 1.54) is 11.3 Å². The van der Waals surface area contributed by atoms with Gasteiger partial charge in [-0.2, -0.15) is 0 Å². The minimum absolute atomic E-state index is 0.118. The van der Waals surface area contributed by atoms with Gasteiger partial charge in [0.25, 0.3) is 0 Å². The van der Waals surface area contributed by atoms with E-state index in [4.69, 9.17) is 17.3 Å². The Kier molecular flexibility index (Phi) is 4.17. The van der Waals surface area contributed by atoms with E-state index in [2.05, 4.69) is 5.87 Å². The number of carbonyl (C=O) groups is 2. The highest BCUT2D eigenvalue weighted by atomic mass is 32.2. The average Bonchev–Trinajstić information content (AvgIpc) is 2.54. The van der Waals surface area contributed by atoms with Gasteiger partial charge in [0.05, 0.1) is 5.25 Å². The van der Waals surface area contributed by atoms with E-state index in [-0.39, 0.29) is 17.7 Å². The van der Waals surface area contributed by atoms with Crippen LogP contribution in [0.15, 0.2) is 0 Å². The van der Waals surface area contributed by atoms with Crippen molar-refractivity contribution in [1.82, 2.24) is 4.90 Å². The molecule has 1 aliphatic heterocycles. The maximum absolute atomic E-state index is 12.3. The molecule has 2 atom stereocenters. The van der Waals surface area contributed by atoms with E-state index < -0.39 is 16.5 Å². The fraction of sp³-hybridized carbons (Fsp3) is 0.667. The van der Waals surface area contributed by atoms with Crippen molar-refractivity contribution in [2.24, 2.45) is 5.92 Å². The molecule has 2 aliphatic rings. The molecule has 0 aromatic rings. The number of nitrogens with zero attached hydrogens (tertiary/aromatic N) is 1. The lowest BCUT2D eigenvalue weighted by Crippen LogP contribution is -2.38. The largest absolute Gasteiger partial charge is 0.480 e. The van der Waals surface area contributed by atoms with Crippen LogP contribution in [0.5, 0.6) is 0 Å². The van der Waals surface area contributed by atoms with Crippen LogP contribution < -0.4 is 0 Å². The Balaban J connectivity index is 2.16. The summed E-state index contributed by atoms with van der Waals surface area (Å²) in [5, 5.41) is 8.65. The Labute approximate surface area is 114 Å². The summed E-state index contributed by atoms with van der Waals surface area (Å²) >= 11 is 5.20. The lowest BCUT2D eigenvalue weighted by atomic mass is 9.86. The van der Waals surface area contributed by atoms with Crippen molar-refractivity contribution in [3.8, 4) is 0 Å². The SMILES string of the molecule is C=S1C(=S)N(CC(=O)O)C(=O)C1C1CCCCC1. The number of thiocarbonyl (C=S) groups is 1. The number of hydrogen-bond donors (Lipinski definition) is 1. The Hall–Kier alpha value is -0.750. The number of amides is 1. The molecule has 4 nitrogen and oxygen atoms in total. The first-order valence-corrected chi connectivity index (χ1v) is 7.99. The molecule has 0 radical (unpaired) electrons. The third kappa shape index (κ3) is 2.49. The minimum Gasteiger partial charge on any atom is -0.480 e. The van der Waals surface area contributed by atoms with Gasteiger partial charge in [-0.15, -0.1) is 10.5 Å². The average molecular weight is 287 g/mol. The lowest BCUT2D eigenvalue weighted by molar-refractivity contribution is -0.141. The van der Waals surface area contributed by atoms with Crippen LogP contribution in [-0.2, 0) is 9.59 Å². The van der Waals surface area contributed by atoms with Gasteiger partial charge in [0.15, 0.2) is 0 Å². The zero-order valence-electron chi connectivity index (χ0n) is 10.1. The molecule has 1 amide bonds. The van der Waals surface area contributed by atoms with Gasteiger partial charge in [0.1, 0.15) is 10.9 Å². The normalized spacial score (nSPS) is 29.9. The van der Waals surface area contributed by atoms with E-state index in [1.54, 1.807) is 0 Å². The molecule has 2 unspecified atom stereocenters. The molecule has 0 aromatic heterocycles. The van der Waals surface area contributed by atoms with Crippen molar-refractivity contribution >= 4 is 44.8 Å². The second kappa shape index (κ2) is 5.48. The quantitative estimate of drug-likeness (QED) is 0.805. The number of rotatable bonds is 3. The fourth-order valence-corrected chi connectivity index (χ4v) is 4.99. The van der Waals surface area contributed by atoms with Crippen LogP contribution in [0.2, 0.25) is 0 Å². The number of carbonyl (C=O) groups excluding carboxylic acids is 1. The summed E-state index contributed by atoms with van der Waals surface area (Å²) in [5.41, 5.74) is 0. The third-order valence-corrected chi connectivity index (χ3v) is 6.36. The van der Waals surface area contributed by atoms with E-state index in [0.717, 1.165) is 25.7 Å². The molecule has 2 fully saturated rings. The van der Waals surface area contributed by atoms with Crippen LogP contribution in [0.25, 0.3) is 0 Å². The number of aliphatic carboxylic acids is 1. The summed E-state index contributed by atoms with van der Waals surface area (Å²) < 4.78 is 0.429. The Bertz CT molecular complexity index is 416. The fourth-order valence-electron chi connectivity index (χ4n) is 2.76. The van der Waals surface area contributed by atoms with Crippen molar-refractivity contribution in [3.63, 3.8) is 0 Å². The molecule has 1 heterocycles. The van der Waals surface area contributed by atoms with E-state index in [1.807, 2.05) is 0 Å². The second-order valence-electron chi connectivity index (χ2n) is 4.83. The molecular formula is C12H17NO3S2. The van der Waals surface area contributed by atoms with Crippen LogP contribution in [-0.4, -0.2) is 43.9 Å². The molecule has 2 rings (SSSR count). The molecule has 1 N–H and O–H groups in total. The van der Waals surface area contributed by atoms with E-state index in [9.17, 15) is 9.59 Å². The molecule has 0 spiro atoms. The minimum atomic E-state index is -1.02. The van der Waals surface area contributed by atoms with Gasteiger partial charge in [-0.25, -0.2) is 0 Å².